The van der Waals surface area contributed by atoms with Gasteiger partial charge in [0.1, 0.15) is 5.75 Å². The van der Waals surface area contributed by atoms with Crippen LogP contribution in [0.25, 0.3) is 0 Å². The summed E-state index contributed by atoms with van der Waals surface area (Å²) in [5.74, 6) is 0.684. The summed E-state index contributed by atoms with van der Waals surface area (Å²) in [4.78, 5) is 11.8. The lowest BCUT2D eigenvalue weighted by molar-refractivity contribution is 0.0858. The molecule has 0 aromatic heterocycles. The number of ether oxygens (including phenoxy) is 2. The molecule has 1 fully saturated rings. The highest BCUT2D eigenvalue weighted by molar-refractivity contribution is 5.94. The number of hydrogen-bond donors (Lipinski definition) is 1. The van der Waals surface area contributed by atoms with E-state index in [2.05, 4.69) is 5.32 Å². The summed E-state index contributed by atoms with van der Waals surface area (Å²) >= 11 is 0. The number of carbonyl (C=O) groups excluding carboxylic acids is 1. The first-order valence-electron chi connectivity index (χ1n) is 5.83. The Morgan fingerprint density at radius 1 is 1.47 bits per heavy atom. The van der Waals surface area contributed by atoms with Crippen LogP contribution >= 0.6 is 0 Å². The van der Waals surface area contributed by atoms with Crippen molar-refractivity contribution < 1.29 is 14.3 Å². The quantitative estimate of drug-likeness (QED) is 0.862. The van der Waals surface area contributed by atoms with Gasteiger partial charge in [0, 0.05) is 18.7 Å². The van der Waals surface area contributed by atoms with E-state index in [1.54, 1.807) is 31.4 Å². The summed E-state index contributed by atoms with van der Waals surface area (Å²) in [5, 5.41) is 2.87. The van der Waals surface area contributed by atoms with Crippen LogP contribution in [0.5, 0.6) is 5.75 Å². The molecule has 17 heavy (non-hydrogen) atoms. The summed E-state index contributed by atoms with van der Waals surface area (Å²) in [7, 11) is 1.60. The topological polar surface area (TPSA) is 47.6 Å². The first-order valence-corrected chi connectivity index (χ1v) is 5.83. The van der Waals surface area contributed by atoms with Crippen molar-refractivity contribution in [3.63, 3.8) is 0 Å². The Hall–Kier alpha value is -1.55. The standard InChI is InChI=1S/C13H17NO3/c1-16-11-6-4-10(5-7-11)13(15)14-9-12-3-2-8-17-12/h4-7,12H,2-3,8-9H2,1H3,(H,14,15)/t12-/m1/s1. The average molecular weight is 235 g/mol. The van der Waals surface area contributed by atoms with Crippen molar-refractivity contribution in [2.45, 2.75) is 18.9 Å². The molecule has 1 aromatic rings. The fourth-order valence-corrected chi connectivity index (χ4v) is 1.86. The molecule has 0 aliphatic carbocycles. The van der Waals surface area contributed by atoms with Crippen molar-refractivity contribution >= 4 is 5.91 Å². The Morgan fingerprint density at radius 3 is 2.82 bits per heavy atom. The molecule has 1 aromatic carbocycles. The van der Waals surface area contributed by atoms with Crippen molar-refractivity contribution in [1.82, 2.24) is 5.32 Å². The van der Waals surface area contributed by atoms with Crippen LogP contribution in [0.2, 0.25) is 0 Å². The first kappa shape index (κ1) is 11.9. The Balaban J connectivity index is 1.85. The second-order valence-corrected chi connectivity index (χ2v) is 4.07. The van der Waals surface area contributed by atoms with Crippen molar-refractivity contribution in [3.05, 3.63) is 29.8 Å². The van der Waals surface area contributed by atoms with Crippen LogP contribution in [0, 0.1) is 0 Å². The van der Waals surface area contributed by atoms with Gasteiger partial charge < -0.3 is 14.8 Å². The minimum Gasteiger partial charge on any atom is -0.497 e. The Kier molecular flexibility index (Phi) is 3.98. The molecular weight excluding hydrogens is 218 g/mol. The van der Waals surface area contributed by atoms with Gasteiger partial charge in [-0.1, -0.05) is 0 Å². The predicted octanol–water partition coefficient (Wildman–Crippen LogP) is 1.60. The Morgan fingerprint density at radius 2 is 2.24 bits per heavy atom. The van der Waals surface area contributed by atoms with E-state index in [0.717, 1.165) is 25.2 Å². The lowest BCUT2D eigenvalue weighted by Crippen LogP contribution is -2.31. The molecule has 1 saturated heterocycles. The van der Waals surface area contributed by atoms with Gasteiger partial charge in [-0.3, -0.25) is 4.79 Å². The molecule has 2 rings (SSSR count). The lowest BCUT2D eigenvalue weighted by Gasteiger charge is -2.10. The predicted molar refractivity (Wildman–Crippen MR) is 64.3 cm³/mol. The van der Waals surface area contributed by atoms with Crippen molar-refractivity contribution in [3.8, 4) is 5.75 Å². The van der Waals surface area contributed by atoms with Crippen LogP contribution in [0.1, 0.15) is 23.2 Å². The molecule has 1 heterocycles. The van der Waals surface area contributed by atoms with Gasteiger partial charge in [0.05, 0.1) is 13.2 Å². The van der Waals surface area contributed by atoms with Gasteiger partial charge in [0.15, 0.2) is 0 Å². The van der Waals surface area contributed by atoms with E-state index < -0.39 is 0 Å². The van der Waals surface area contributed by atoms with Crippen molar-refractivity contribution in [1.29, 1.82) is 0 Å². The number of nitrogens with one attached hydrogen (secondary N) is 1. The highest BCUT2D eigenvalue weighted by Crippen LogP contribution is 2.12. The van der Waals surface area contributed by atoms with Gasteiger partial charge in [0.25, 0.3) is 5.91 Å². The number of hydrogen-bond acceptors (Lipinski definition) is 3. The van der Waals surface area contributed by atoms with E-state index >= 15 is 0 Å². The van der Waals surface area contributed by atoms with Crippen LogP contribution in [-0.4, -0.2) is 32.3 Å². The Bertz CT molecular complexity index is 369. The van der Waals surface area contributed by atoms with Gasteiger partial charge in [-0.25, -0.2) is 0 Å². The smallest absolute Gasteiger partial charge is 0.251 e. The van der Waals surface area contributed by atoms with Crippen LogP contribution in [0.15, 0.2) is 24.3 Å². The minimum atomic E-state index is -0.0665. The third kappa shape index (κ3) is 3.20. The first-order chi connectivity index (χ1) is 8.29. The molecular formula is C13H17NO3. The third-order valence-electron chi connectivity index (χ3n) is 2.87. The minimum absolute atomic E-state index is 0.0665. The zero-order valence-electron chi connectivity index (χ0n) is 9.94. The summed E-state index contributed by atoms with van der Waals surface area (Å²) in [6.45, 7) is 1.40. The van der Waals surface area contributed by atoms with Crippen molar-refractivity contribution in [2.75, 3.05) is 20.3 Å². The summed E-state index contributed by atoms with van der Waals surface area (Å²) in [5.41, 5.74) is 0.642. The molecule has 1 amide bonds. The van der Waals surface area contributed by atoms with Gasteiger partial charge in [-0.2, -0.15) is 0 Å². The van der Waals surface area contributed by atoms with E-state index in [0.29, 0.717) is 12.1 Å². The lowest BCUT2D eigenvalue weighted by atomic mass is 10.2. The van der Waals surface area contributed by atoms with Gasteiger partial charge in [-0.05, 0) is 37.1 Å². The monoisotopic (exact) mass is 235 g/mol. The van der Waals surface area contributed by atoms with Crippen LogP contribution in [-0.2, 0) is 4.74 Å². The molecule has 0 spiro atoms. The number of carbonyl (C=O) groups is 1. The molecule has 0 radical (unpaired) electrons. The molecule has 1 atom stereocenters. The Labute approximate surface area is 101 Å². The molecule has 92 valence electrons. The number of methoxy groups -OCH3 is 1. The average Bonchev–Trinajstić information content (AvgIpc) is 2.89. The normalized spacial score (nSPS) is 19.0. The van der Waals surface area contributed by atoms with Gasteiger partial charge >= 0.3 is 0 Å². The van der Waals surface area contributed by atoms with E-state index in [-0.39, 0.29) is 12.0 Å². The largest absolute Gasteiger partial charge is 0.497 e. The molecule has 1 aliphatic rings. The zero-order chi connectivity index (χ0) is 12.1. The van der Waals surface area contributed by atoms with Crippen LogP contribution < -0.4 is 10.1 Å². The van der Waals surface area contributed by atoms with E-state index in [1.165, 1.54) is 0 Å². The number of benzene rings is 1. The molecule has 1 aliphatic heterocycles. The zero-order valence-corrected chi connectivity index (χ0v) is 9.94. The maximum Gasteiger partial charge on any atom is 0.251 e. The van der Waals surface area contributed by atoms with Crippen LogP contribution in [0.3, 0.4) is 0 Å². The fraction of sp³-hybridized carbons (Fsp3) is 0.462. The molecule has 0 unspecified atom stereocenters. The second kappa shape index (κ2) is 5.68. The number of rotatable bonds is 4. The summed E-state index contributed by atoms with van der Waals surface area (Å²) in [6.07, 6.45) is 2.29. The summed E-state index contributed by atoms with van der Waals surface area (Å²) in [6, 6.07) is 7.06. The number of amides is 1. The van der Waals surface area contributed by atoms with Crippen LogP contribution in [0.4, 0.5) is 0 Å². The van der Waals surface area contributed by atoms with E-state index in [9.17, 15) is 4.79 Å². The molecule has 1 N–H and O–H groups in total. The summed E-state index contributed by atoms with van der Waals surface area (Å²) < 4.78 is 10.5. The van der Waals surface area contributed by atoms with E-state index in [1.807, 2.05) is 0 Å². The second-order valence-electron chi connectivity index (χ2n) is 4.07. The molecule has 0 bridgehead atoms. The third-order valence-corrected chi connectivity index (χ3v) is 2.87. The molecule has 4 nitrogen and oxygen atoms in total. The SMILES string of the molecule is COc1ccc(C(=O)NC[C@H]2CCCO2)cc1. The highest BCUT2D eigenvalue weighted by Gasteiger charge is 2.16. The molecule has 0 saturated carbocycles. The maximum atomic E-state index is 11.8. The van der Waals surface area contributed by atoms with E-state index in [4.69, 9.17) is 9.47 Å². The maximum absolute atomic E-state index is 11.8. The highest BCUT2D eigenvalue weighted by atomic mass is 16.5. The molecule has 4 heteroatoms. The van der Waals surface area contributed by atoms with Crippen molar-refractivity contribution in [2.24, 2.45) is 0 Å². The van der Waals surface area contributed by atoms with Gasteiger partial charge in [0.2, 0.25) is 0 Å². The fourth-order valence-electron chi connectivity index (χ4n) is 1.86. The van der Waals surface area contributed by atoms with Gasteiger partial charge in [-0.15, -0.1) is 0 Å².